The topological polar surface area (TPSA) is 31.6 Å². The van der Waals surface area contributed by atoms with Gasteiger partial charge < -0.3 is 9.97 Å². The van der Waals surface area contributed by atoms with Gasteiger partial charge in [-0.1, -0.05) is 11.1 Å². The van der Waals surface area contributed by atoms with Crippen LogP contribution in [0.4, 0.5) is 0 Å². The van der Waals surface area contributed by atoms with Crippen LogP contribution in [-0.2, 0) is 6.42 Å². The first-order chi connectivity index (χ1) is 7.83. The molecule has 1 atom stereocenters. The Morgan fingerprint density at radius 3 is 2.94 bits per heavy atom. The van der Waals surface area contributed by atoms with Crippen LogP contribution in [0.5, 0.6) is 0 Å². The number of hydrogen-bond donors (Lipinski definition) is 2. The van der Waals surface area contributed by atoms with Crippen LogP contribution in [0.25, 0.3) is 0 Å². The number of nitrogens with one attached hydrogen (secondary N) is 2. The first-order valence-corrected chi connectivity index (χ1v) is 6.71. The Hall–Kier alpha value is -0.830. The van der Waals surface area contributed by atoms with E-state index < -0.39 is 0 Å². The van der Waals surface area contributed by atoms with E-state index in [1.807, 2.05) is 6.20 Å². The molecule has 2 N–H and O–H groups in total. The normalized spacial score (nSPS) is 24.9. The molecule has 0 aromatic carbocycles. The zero-order valence-electron chi connectivity index (χ0n) is 9.51. The van der Waals surface area contributed by atoms with Crippen LogP contribution in [-0.4, -0.2) is 9.97 Å². The van der Waals surface area contributed by atoms with Crippen LogP contribution in [0.3, 0.4) is 0 Å². The van der Waals surface area contributed by atoms with Gasteiger partial charge in [0.25, 0.3) is 0 Å². The van der Waals surface area contributed by atoms with Gasteiger partial charge >= 0.3 is 0 Å². The van der Waals surface area contributed by atoms with Crippen molar-refractivity contribution in [3.63, 3.8) is 0 Å². The highest BCUT2D eigenvalue weighted by atomic mass is 32.1. The number of aromatic amines is 2. The van der Waals surface area contributed by atoms with Gasteiger partial charge in [0.1, 0.15) is 0 Å². The van der Waals surface area contributed by atoms with Crippen molar-refractivity contribution in [3.05, 3.63) is 27.8 Å². The number of hydrogen-bond acceptors (Lipinski definition) is 1. The molecule has 0 saturated carbocycles. The van der Waals surface area contributed by atoms with E-state index in [1.54, 1.807) is 11.1 Å². The molecule has 0 fully saturated rings. The highest BCUT2D eigenvalue weighted by molar-refractivity contribution is 7.71. The molecule has 1 aromatic heterocycles. The SMILES string of the molecule is S=c1[nH]cc(CC2CCC3=C2CCCC3)[nH]1. The van der Waals surface area contributed by atoms with Gasteiger partial charge in [0.15, 0.2) is 4.77 Å². The van der Waals surface area contributed by atoms with E-state index in [0.29, 0.717) is 0 Å². The standard InChI is InChI=1S/C13H18N2S/c16-13-14-8-11(15-13)7-10-6-5-9-3-1-2-4-12(9)10/h8,10H,1-7H2,(H2,14,15,16). The smallest absolute Gasteiger partial charge is 0.174 e. The Bertz CT molecular complexity index is 466. The molecule has 2 nitrogen and oxygen atoms in total. The summed E-state index contributed by atoms with van der Waals surface area (Å²) in [5, 5.41) is 0. The maximum atomic E-state index is 5.07. The summed E-state index contributed by atoms with van der Waals surface area (Å²) in [5.74, 6) is 0.789. The van der Waals surface area contributed by atoms with Crippen molar-refractivity contribution in [2.45, 2.75) is 44.9 Å². The van der Waals surface area contributed by atoms with Crippen LogP contribution in [0.15, 0.2) is 17.3 Å². The molecule has 0 saturated heterocycles. The number of imidazole rings is 1. The van der Waals surface area contributed by atoms with Crippen molar-refractivity contribution in [2.75, 3.05) is 0 Å². The number of H-pyrrole nitrogens is 2. The molecule has 1 unspecified atom stereocenters. The molecule has 3 heteroatoms. The van der Waals surface area contributed by atoms with E-state index in [-0.39, 0.29) is 0 Å². The fourth-order valence-corrected chi connectivity index (χ4v) is 3.45. The van der Waals surface area contributed by atoms with E-state index in [0.717, 1.165) is 17.1 Å². The van der Waals surface area contributed by atoms with Gasteiger partial charge in [-0.2, -0.15) is 0 Å². The Kier molecular flexibility index (Phi) is 2.72. The lowest BCUT2D eigenvalue weighted by atomic mass is 9.87. The molecule has 0 radical (unpaired) electrons. The lowest BCUT2D eigenvalue weighted by molar-refractivity contribution is 0.562. The lowest BCUT2D eigenvalue weighted by Crippen LogP contribution is -2.06. The predicted octanol–water partition coefficient (Wildman–Crippen LogP) is 3.90. The summed E-state index contributed by atoms with van der Waals surface area (Å²) in [4.78, 5) is 6.29. The van der Waals surface area contributed by atoms with E-state index in [1.165, 1.54) is 44.2 Å². The third-order valence-electron chi connectivity index (χ3n) is 4.03. The molecule has 16 heavy (non-hydrogen) atoms. The van der Waals surface area contributed by atoms with E-state index in [4.69, 9.17) is 12.2 Å². The fourth-order valence-electron chi connectivity index (χ4n) is 3.26. The summed E-state index contributed by atoms with van der Waals surface area (Å²) in [6.07, 6.45) is 11.4. The minimum Gasteiger partial charge on any atom is -0.337 e. The maximum Gasteiger partial charge on any atom is 0.174 e. The van der Waals surface area contributed by atoms with Gasteiger partial charge in [0.2, 0.25) is 0 Å². The predicted molar refractivity (Wildman–Crippen MR) is 67.9 cm³/mol. The average Bonchev–Trinajstić information content (AvgIpc) is 2.87. The molecule has 0 bridgehead atoms. The highest BCUT2D eigenvalue weighted by Gasteiger charge is 2.27. The van der Waals surface area contributed by atoms with E-state index in [9.17, 15) is 0 Å². The van der Waals surface area contributed by atoms with E-state index in [2.05, 4.69) is 9.97 Å². The van der Waals surface area contributed by atoms with Crippen molar-refractivity contribution in [1.82, 2.24) is 9.97 Å². The Labute approximate surface area is 101 Å². The van der Waals surface area contributed by atoms with Gasteiger partial charge in [0, 0.05) is 11.9 Å². The zero-order valence-corrected chi connectivity index (χ0v) is 10.3. The minimum absolute atomic E-state index is 0.755. The molecule has 1 heterocycles. The van der Waals surface area contributed by atoms with Gasteiger partial charge in [-0.25, -0.2) is 0 Å². The molecule has 0 aliphatic heterocycles. The Balaban J connectivity index is 1.77. The monoisotopic (exact) mass is 234 g/mol. The van der Waals surface area contributed by atoms with Crippen LogP contribution in [0.1, 0.15) is 44.2 Å². The van der Waals surface area contributed by atoms with Gasteiger partial charge in [-0.3, -0.25) is 0 Å². The second-order valence-electron chi connectivity index (χ2n) is 5.04. The lowest BCUT2D eigenvalue weighted by Gasteiger charge is -2.18. The fraction of sp³-hybridized carbons (Fsp3) is 0.615. The molecule has 0 amide bonds. The minimum atomic E-state index is 0.755. The zero-order chi connectivity index (χ0) is 11.0. The van der Waals surface area contributed by atoms with Gasteiger partial charge in [-0.05, 0) is 63.1 Å². The van der Waals surface area contributed by atoms with E-state index >= 15 is 0 Å². The highest BCUT2D eigenvalue weighted by Crippen LogP contribution is 2.42. The summed E-state index contributed by atoms with van der Waals surface area (Å²) in [7, 11) is 0. The third kappa shape index (κ3) is 1.88. The van der Waals surface area contributed by atoms with Crippen LogP contribution < -0.4 is 0 Å². The van der Waals surface area contributed by atoms with Gasteiger partial charge in [-0.15, -0.1) is 0 Å². The molecule has 1 aromatic rings. The van der Waals surface area contributed by atoms with Crippen LogP contribution in [0, 0.1) is 10.7 Å². The molecule has 86 valence electrons. The quantitative estimate of drug-likeness (QED) is 0.590. The van der Waals surface area contributed by atoms with Crippen LogP contribution >= 0.6 is 12.2 Å². The second-order valence-corrected chi connectivity index (χ2v) is 5.45. The van der Waals surface area contributed by atoms with Crippen molar-refractivity contribution < 1.29 is 0 Å². The van der Waals surface area contributed by atoms with Crippen molar-refractivity contribution in [2.24, 2.45) is 5.92 Å². The summed E-state index contributed by atoms with van der Waals surface area (Å²) in [6, 6.07) is 0. The number of allylic oxidation sites excluding steroid dienone is 2. The van der Waals surface area contributed by atoms with Gasteiger partial charge in [0.05, 0.1) is 0 Å². The first kappa shape index (κ1) is 10.3. The third-order valence-corrected chi connectivity index (χ3v) is 4.25. The summed E-state index contributed by atoms with van der Waals surface area (Å²) >= 11 is 5.07. The Morgan fingerprint density at radius 2 is 2.12 bits per heavy atom. The molecule has 2 aliphatic carbocycles. The molecular weight excluding hydrogens is 216 g/mol. The Morgan fingerprint density at radius 1 is 1.25 bits per heavy atom. The van der Waals surface area contributed by atoms with Crippen molar-refractivity contribution in [1.29, 1.82) is 0 Å². The second kappa shape index (κ2) is 4.21. The van der Waals surface area contributed by atoms with Crippen LogP contribution in [0.2, 0.25) is 0 Å². The summed E-state index contributed by atoms with van der Waals surface area (Å²) in [5.41, 5.74) is 4.84. The molecule has 2 aliphatic rings. The molecule has 0 spiro atoms. The first-order valence-electron chi connectivity index (χ1n) is 6.30. The van der Waals surface area contributed by atoms with Crippen molar-refractivity contribution in [3.8, 4) is 0 Å². The largest absolute Gasteiger partial charge is 0.337 e. The summed E-state index contributed by atoms with van der Waals surface area (Å²) in [6.45, 7) is 0. The van der Waals surface area contributed by atoms with Crippen molar-refractivity contribution >= 4 is 12.2 Å². The number of aromatic nitrogens is 2. The average molecular weight is 234 g/mol. The molecular formula is C13H18N2S. The summed E-state index contributed by atoms with van der Waals surface area (Å²) < 4.78 is 0.755. The number of rotatable bonds is 2. The maximum absolute atomic E-state index is 5.07. The molecule has 3 rings (SSSR count).